The molecule has 1 aliphatic carbocycles. The molecule has 1 aromatic rings. The second-order valence-electron chi connectivity index (χ2n) is 5.16. The van der Waals surface area contributed by atoms with Gasteiger partial charge in [0, 0.05) is 18.0 Å². The lowest BCUT2D eigenvalue weighted by atomic mass is 9.88. The van der Waals surface area contributed by atoms with Gasteiger partial charge in [-0.25, -0.2) is 0 Å². The van der Waals surface area contributed by atoms with Crippen LogP contribution in [0.2, 0.25) is 0 Å². The van der Waals surface area contributed by atoms with E-state index in [1.807, 2.05) is 24.3 Å². The Labute approximate surface area is 119 Å². The van der Waals surface area contributed by atoms with Crippen molar-refractivity contribution in [1.29, 1.82) is 0 Å². The molecule has 4 heteroatoms. The van der Waals surface area contributed by atoms with Gasteiger partial charge >= 0.3 is 0 Å². The van der Waals surface area contributed by atoms with Crippen LogP contribution in [0.15, 0.2) is 24.3 Å². The van der Waals surface area contributed by atoms with Crippen molar-refractivity contribution in [3.8, 4) is 0 Å². The van der Waals surface area contributed by atoms with Gasteiger partial charge < -0.3 is 11.1 Å². The van der Waals surface area contributed by atoms with Gasteiger partial charge in [-0.3, -0.25) is 4.79 Å². The Morgan fingerprint density at radius 3 is 2.42 bits per heavy atom. The first-order valence-corrected chi connectivity index (χ1v) is 7.24. The van der Waals surface area contributed by atoms with E-state index in [1.54, 1.807) is 0 Å². The molecule has 0 radical (unpaired) electrons. The number of anilines is 1. The molecule has 1 fully saturated rings. The van der Waals surface area contributed by atoms with Crippen molar-refractivity contribution in [3.05, 3.63) is 29.8 Å². The predicted octanol–water partition coefficient (Wildman–Crippen LogP) is 3.03. The zero-order valence-corrected chi connectivity index (χ0v) is 11.8. The largest absolute Gasteiger partial charge is 0.393 e. The number of benzene rings is 1. The van der Waals surface area contributed by atoms with E-state index < -0.39 is 0 Å². The van der Waals surface area contributed by atoms with Crippen molar-refractivity contribution in [2.45, 2.75) is 38.5 Å². The number of nitrogens with one attached hydrogen (secondary N) is 1. The summed E-state index contributed by atoms with van der Waals surface area (Å²) in [6.07, 6.45) is 6.25. The summed E-state index contributed by atoms with van der Waals surface area (Å²) in [6, 6.07) is 7.73. The third-order valence-electron chi connectivity index (χ3n) is 3.58. The number of amides is 1. The van der Waals surface area contributed by atoms with Crippen molar-refractivity contribution in [2.75, 3.05) is 5.32 Å². The van der Waals surface area contributed by atoms with Gasteiger partial charge in [0.2, 0.25) is 5.91 Å². The number of thiocarbonyl (C=S) groups is 1. The van der Waals surface area contributed by atoms with Crippen molar-refractivity contribution >= 4 is 28.8 Å². The molecule has 19 heavy (non-hydrogen) atoms. The predicted molar refractivity (Wildman–Crippen MR) is 82.1 cm³/mol. The first-order valence-electron chi connectivity index (χ1n) is 6.83. The lowest BCUT2D eigenvalue weighted by Gasteiger charge is -2.20. The fourth-order valence-corrected chi connectivity index (χ4v) is 2.68. The number of hydrogen-bond acceptors (Lipinski definition) is 2. The summed E-state index contributed by atoms with van der Waals surface area (Å²) in [4.78, 5) is 12.6. The lowest BCUT2D eigenvalue weighted by molar-refractivity contribution is -0.120. The molecule has 1 saturated carbocycles. The topological polar surface area (TPSA) is 55.1 Å². The van der Waals surface area contributed by atoms with Crippen LogP contribution in [0.1, 0.15) is 37.7 Å². The molecule has 0 unspecified atom stereocenters. The van der Waals surface area contributed by atoms with E-state index in [4.69, 9.17) is 18.0 Å². The molecule has 0 bridgehead atoms. The third kappa shape index (κ3) is 4.31. The minimum absolute atomic E-state index is 0.154. The number of rotatable bonds is 4. The highest BCUT2D eigenvalue weighted by Crippen LogP contribution is 2.25. The molecule has 2 rings (SSSR count). The van der Waals surface area contributed by atoms with Crippen LogP contribution in [0.5, 0.6) is 0 Å². The fourth-order valence-electron chi connectivity index (χ4n) is 2.52. The monoisotopic (exact) mass is 276 g/mol. The molecule has 102 valence electrons. The summed E-state index contributed by atoms with van der Waals surface area (Å²) in [5.41, 5.74) is 7.42. The number of hydrogen-bond donors (Lipinski definition) is 2. The highest BCUT2D eigenvalue weighted by molar-refractivity contribution is 7.80. The zero-order valence-electron chi connectivity index (χ0n) is 11.0. The average Bonchev–Trinajstić information content (AvgIpc) is 2.41. The van der Waals surface area contributed by atoms with E-state index >= 15 is 0 Å². The molecular weight excluding hydrogens is 256 g/mol. The minimum Gasteiger partial charge on any atom is -0.393 e. The van der Waals surface area contributed by atoms with Crippen LogP contribution in [0.3, 0.4) is 0 Å². The quantitative estimate of drug-likeness (QED) is 0.831. The van der Waals surface area contributed by atoms with Crippen LogP contribution in [0.4, 0.5) is 5.69 Å². The third-order valence-corrected chi connectivity index (χ3v) is 3.72. The molecule has 1 aliphatic rings. The molecule has 0 spiro atoms. The Balaban J connectivity index is 1.91. The van der Waals surface area contributed by atoms with Crippen molar-refractivity contribution < 1.29 is 4.79 Å². The maximum Gasteiger partial charge on any atom is 0.227 e. The number of nitrogens with two attached hydrogens (primary N) is 1. The van der Waals surface area contributed by atoms with Gasteiger partial charge in [-0.15, -0.1) is 0 Å². The average molecular weight is 276 g/mol. The normalized spacial score (nSPS) is 16.0. The molecule has 3 N–H and O–H groups in total. The molecule has 0 saturated heterocycles. The summed E-state index contributed by atoms with van der Waals surface area (Å²) in [7, 11) is 0. The van der Waals surface area contributed by atoms with Gasteiger partial charge in [-0.1, -0.05) is 43.6 Å². The molecule has 0 atom stereocenters. The molecular formula is C15H20N2OS. The van der Waals surface area contributed by atoms with Gasteiger partial charge in [-0.2, -0.15) is 0 Å². The zero-order chi connectivity index (χ0) is 13.7. The van der Waals surface area contributed by atoms with Crippen LogP contribution in [-0.4, -0.2) is 10.9 Å². The second kappa shape index (κ2) is 6.66. The highest BCUT2D eigenvalue weighted by atomic mass is 32.1. The fraction of sp³-hybridized carbons (Fsp3) is 0.467. The van der Waals surface area contributed by atoms with Crippen molar-refractivity contribution in [2.24, 2.45) is 11.7 Å². The molecule has 0 aromatic heterocycles. The molecule has 0 heterocycles. The van der Waals surface area contributed by atoms with Crippen LogP contribution in [0.25, 0.3) is 0 Å². The molecule has 1 aromatic carbocycles. The van der Waals surface area contributed by atoms with Gasteiger partial charge in [-0.05, 0) is 30.5 Å². The number of carbonyl (C=O) groups is 1. The van der Waals surface area contributed by atoms with Gasteiger partial charge in [0.15, 0.2) is 0 Å². The summed E-state index contributed by atoms with van der Waals surface area (Å²) in [5.74, 6) is 0.340. The Morgan fingerprint density at radius 2 is 1.84 bits per heavy atom. The first-order chi connectivity index (χ1) is 9.15. The lowest BCUT2D eigenvalue weighted by Crippen LogP contribution is -2.24. The highest BCUT2D eigenvalue weighted by Gasteiger charge is 2.20. The van der Waals surface area contributed by atoms with Crippen LogP contribution >= 0.6 is 12.2 Å². The van der Waals surface area contributed by atoms with Crippen molar-refractivity contribution in [1.82, 2.24) is 0 Å². The summed E-state index contributed by atoms with van der Waals surface area (Å²) in [5, 5.41) is 2.99. The van der Waals surface area contributed by atoms with E-state index in [2.05, 4.69) is 5.32 Å². The van der Waals surface area contributed by atoms with Crippen LogP contribution < -0.4 is 11.1 Å². The van der Waals surface area contributed by atoms with Gasteiger partial charge in [0.05, 0.1) is 4.99 Å². The van der Waals surface area contributed by atoms with Crippen LogP contribution in [-0.2, 0) is 11.2 Å². The van der Waals surface area contributed by atoms with E-state index in [9.17, 15) is 4.79 Å². The van der Waals surface area contributed by atoms with Gasteiger partial charge in [0.1, 0.15) is 0 Å². The minimum atomic E-state index is 0.154. The maximum atomic E-state index is 12.1. The second-order valence-corrected chi connectivity index (χ2v) is 5.69. The van der Waals surface area contributed by atoms with E-state index in [0.717, 1.165) is 24.1 Å². The summed E-state index contributed by atoms with van der Waals surface area (Å²) in [6.45, 7) is 0. The standard InChI is InChI=1S/C15H20N2OS/c16-14(19)10-11-6-8-13(9-7-11)17-15(18)12-4-2-1-3-5-12/h6-9,12H,1-5,10H2,(H2,16,19)(H,17,18). The Hall–Kier alpha value is -1.42. The van der Waals surface area contributed by atoms with E-state index in [-0.39, 0.29) is 11.8 Å². The first kappa shape index (κ1) is 14.0. The van der Waals surface area contributed by atoms with E-state index in [0.29, 0.717) is 11.4 Å². The van der Waals surface area contributed by atoms with Crippen LogP contribution in [0, 0.1) is 5.92 Å². The van der Waals surface area contributed by atoms with Crippen molar-refractivity contribution in [3.63, 3.8) is 0 Å². The molecule has 1 amide bonds. The summed E-state index contributed by atoms with van der Waals surface area (Å²) < 4.78 is 0. The molecule has 0 aliphatic heterocycles. The molecule has 3 nitrogen and oxygen atoms in total. The maximum absolute atomic E-state index is 12.1. The Morgan fingerprint density at radius 1 is 1.21 bits per heavy atom. The smallest absolute Gasteiger partial charge is 0.227 e. The van der Waals surface area contributed by atoms with E-state index in [1.165, 1.54) is 19.3 Å². The van der Waals surface area contributed by atoms with Gasteiger partial charge in [0.25, 0.3) is 0 Å². The Kier molecular flexibility index (Phi) is 4.91. The SMILES string of the molecule is NC(=S)Cc1ccc(NC(=O)C2CCCCC2)cc1. The number of carbonyl (C=O) groups excluding carboxylic acids is 1. The Bertz CT molecular complexity index is 450. The summed E-state index contributed by atoms with van der Waals surface area (Å²) >= 11 is 4.87.